The Labute approximate surface area is 148 Å². The Morgan fingerprint density at radius 2 is 1.96 bits per heavy atom. The highest BCUT2D eigenvalue weighted by molar-refractivity contribution is 7.16. The van der Waals surface area contributed by atoms with Crippen molar-refractivity contribution in [3.63, 3.8) is 0 Å². The van der Waals surface area contributed by atoms with Gasteiger partial charge in [-0.1, -0.05) is 6.07 Å². The lowest BCUT2D eigenvalue weighted by atomic mass is 10.1. The SMILES string of the molecule is CCOC(=O)c1c(NC(=O)c2cc([N+](=O)[O-])ccc2C)sc(C)c1C. The maximum absolute atomic E-state index is 12.6. The Balaban J connectivity index is 2.39. The summed E-state index contributed by atoms with van der Waals surface area (Å²) in [6, 6.07) is 4.09. The molecule has 1 aromatic carbocycles. The standard InChI is InChI=1S/C17H18N2O5S/c1-5-24-17(21)14-10(3)11(4)25-16(14)18-15(20)13-8-12(19(22)23)7-6-9(13)2/h6-8H,5H2,1-4H3,(H,18,20). The zero-order valence-corrected chi connectivity index (χ0v) is 15.2. The molecule has 0 bridgehead atoms. The predicted octanol–water partition coefficient (Wildman–Crippen LogP) is 4.01. The molecule has 0 saturated carbocycles. The van der Waals surface area contributed by atoms with Crippen LogP contribution in [0.5, 0.6) is 0 Å². The minimum atomic E-state index is -0.556. The first-order valence-electron chi connectivity index (χ1n) is 7.59. The lowest BCUT2D eigenvalue weighted by molar-refractivity contribution is -0.384. The number of nitrogens with zero attached hydrogens (tertiary/aromatic N) is 1. The van der Waals surface area contributed by atoms with E-state index in [1.807, 2.05) is 6.92 Å². The van der Waals surface area contributed by atoms with Gasteiger partial charge in [-0.2, -0.15) is 0 Å². The van der Waals surface area contributed by atoms with Gasteiger partial charge >= 0.3 is 5.97 Å². The maximum Gasteiger partial charge on any atom is 0.341 e. The molecule has 25 heavy (non-hydrogen) atoms. The first kappa shape index (κ1) is 18.6. The fourth-order valence-corrected chi connectivity index (χ4v) is 3.35. The fourth-order valence-electron chi connectivity index (χ4n) is 2.30. The molecule has 0 saturated heterocycles. The minimum absolute atomic E-state index is 0.167. The van der Waals surface area contributed by atoms with E-state index in [4.69, 9.17) is 4.74 Å². The van der Waals surface area contributed by atoms with E-state index in [-0.39, 0.29) is 17.9 Å². The molecule has 1 amide bonds. The second kappa shape index (κ2) is 7.43. The van der Waals surface area contributed by atoms with Gasteiger partial charge in [0.2, 0.25) is 0 Å². The number of non-ortho nitro benzene ring substituents is 1. The summed E-state index contributed by atoms with van der Waals surface area (Å²) < 4.78 is 5.05. The molecule has 0 fully saturated rings. The predicted molar refractivity (Wildman–Crippen MR) is 95.5 cm³/mol. The number of esters is 1. The van der Waals surface area contributed by atoms with Crippen LogP contribution in [-0.4, -0.2) is 23.4 Å². The van der Waals surface area contributed by atoms with E-state index < -0.39 is 16.8 Å². The van der Waals surface area contributed by atoms with Gasteiger partial charge in [0, 0.05) is 22.6 Å². The molecule has 0 unspecified atom stereocenters. The van der Waals surface area contributed by atoms with E-state index in [0.717, 1.165) is 10.4 Å². The molecule has 0 aliphatic carbocycles. The second-order valence-electron chi connectivity index (χ2n) is 5.42. The van der Waals surface area contributed by atoms with Crippen LogP contribution >= 0.6 is 11.3 Å². The molecule has 0 atom stereocenters. The van der Waals surface area contributed by atoms with Crippen LogP contribution in [0.1, 0.15) is 43.6 Å². The van der Waals surface area contributed by atoms with Gasteiger partial charge < -0.3 is 10.1 Å². The summed E-state index contributed by atoms with van der Waals surface area (Å²) >= 11 is 1.27. The number of nitro benzene ring substituents is 1. The van der Waals surface area contributed by atoms with Crippen LogP contribution in [0.3, 0.4) is 0 Å². The molecule has 2 aromatic rings. The molecule has 0 aliphatic rings. The van der Waals surface area contributed by atoms with Gasteiger partial charge in [0.05, 0.1) is 17.1 Å². The molecule has 0 aliphatic heterocycles. The molecule has 8 heteroatoms. The summed E-state index contributed by atoms with van der Waals surface area (Å²) in [6.45, 7) is 7.25. The van der Waals surface area contributed by atoms with Crippen LogP contribution in [0.15, 0.2) is 18.2 Å². The minimum Gasteiger partial charge on any atom is -0.462 e. The summed E-state index contributed by atoms with van der Waals surface area (Å²) in [5.41, 5.74) is 1.69. The quantitative estimate of drug-likeness (QED) is 0.492. The lowest BCUT2D eigenvalue weighted by Crippen LogP contribution is -2.16. The van der Waals surface area contributed by atoms with Crippen molar-refractivity contribution in [2.45, 2.75) is 27.7 Å². The Morgan fingerprint density at radius 3 is 2.56 bits per heavy atom. The Bertz CT molecular complexity index is 857. The summed E-state index contributed by atoms with van der Waals surface area (Å²) in [6.07, 6.45) is 0. The molecular formula is C17H18N2O5S. The van der Waals surface area contributed by atoms with E-state index in [0.29, 0.717) is 16.1 Å². The van der Waals surface area contributed by atoms with E-state index in [2.05, 4.69) is 5.32 Å². The third kappa shape index (κ3) is 3.85. The second-order valence-corrected chi connectivity index (χ2v) is 6.64. The number of nitrogens with one attached hydrogen (secondary N) is 1. The number of anilines is 1. The highest BCUT2D eigenvalue weighted by Gasteiger charge is 2.23. The van der Waals surface area contributed by atoms with Crippen molar-refractivity contribution in [1.29, 1.82) is 0 Å². The van der Waals surface area contributed by atoms with Crippen LogP contribution < -0.4 is 5.32 Å². The van der Waals surface area contributed by atoms with Crippen molar-refractivity contribution in [2.75, 3.05) is 11.9 Å². The van der Waals surface area contributed by atoms with Gasteiger partial charge in [-0.25, -0.2) is 4.79 Å². The number of thiophene rings is 1. The van der Waals surface area contributed by atoms with Crippen molar-refractivity contribution < 1.29 is 19.2 Å². The van der Waals surface area contributed by atoms with Gasteiger partial charge in [-0.15, -0.1) is 11.3 Å². The number of rotatable bonds is 5. The molecule has 0 spiro atoms. The number of aryl methyl sites for hydroxylation is 2. The van der Waals surface area contributed by atoms with Crippen molar-refractivity contribution in [3.8, 4) is 0 Å². The Kier molecular flexibility index (Phi) is 5.53. The number of benzene rings is 1. The normalized spacial score (nSPS) is 10.4. The van der Waals surface area contributed by atoms with Gasteiger partial charge in [-0.3, -0.25) is 14.9 Å². The zero-order valence-electron chi connectivity index (χ0n) is 14.3. The van der Waals surface area contributed by atoms with Crippen LogP contribution in [0.25, 0.3) is 0 Å². The van der Waals surface area contributed by atoms with Crippen molar-refractivity contribution in [2.24, 2.45) is 0 Å². The largest absolute Gasteiger partial charge is 0.462 e. The molecule has 2 rings (SSSR count). The van der Waals surface area contributed by atoms with E-state index in [1.165, 1.54) is 29.5 Å². The number of hydrogen-bond donors (Lipinski definition) is 1. The first-order valence-corrected chi connectivity index (χ1v) is 8.41. The molecular weight excluding hydrogens is 344 g/mol. The summed E-state index contributed by atoms with van der Waals surface area (Å²) in [5, 5.41) is 14.0. The van der Waals surface area contributed by atoms with E-state index in [1.54, 1.807) is 20.8 Å². The van der Waals surface area contributed by atoms with Crippen LogP contribution in [0.4, 0.5) is 10.7 Å². The van der Waals surface area contributed by atoms with E-state index in [9.17, 15) is 19.7 Å². The lowest BCUT2D eigenvalue weighted by Gasteiger charge is -2.09. The Morgan fingerprint density at radius 1 is 1.28 bits per heavy atom. The monoisotopic (exact) mass is 362 g/mol. The zero-order chi connectivity index (χ0) is 18.7. The first-order chi connectivity index (χ1) is 11.8. The average molecular weight is 362 g/mol. The number of ether oxygens (including phenoxy) is 1. The third-order valence-electron chi connectivity index (χ3n) is 3.77. The van der Waals surface area contributed by atoms with Crippen molar-refractivity contribution in [1.82, 2.24) is 0 Å². The highest BCUT2D eigenvalue weighted by Crippen LogP contribution is 2.33. The number of carbonyl (C=O) groups is 2. The fraction of sp³-hybridized carbons (Fsp3) is 0.294. The van der Waals surface area contributed by atoms with Crippen LogP contribution in [-0.2, 0) is 4.74 Å². The smallest absolute Gasteiger partial charge is 0.341 e. The molecule has 7 nitrogen and oxygen atoms in total. The Hall–Kier alpha value is -2.74. The highest BCUT2D eigenvalue weighted by atomic mass is 32.1. The van der Waals surface area contributed by atoms with Crippen molar-refractivity contribution in [3.05, 3.63) is 55.4 Å². The van der Waals surface area contributed by atoms with Gasteiger partial charge in [-0.05, 0) is 38.8 Å². The summed E-state index contributed by atoms with van der Waals surface area (Å²) in [5.74, 6) is -1.01. The number of amides is 1. The third-order valence-corrected chi connectivity index (χ3v) is 4.89. The maximum atomic E-state index is 12.6. The molecule has 1 N–H and O–H groups in total. The van der Waals surface area contributed by atoms with Gasteiger partial charge in [0.1, 0.15) is 5.00 Å². The van der Waals surface area contributed by atoms with Crippen molar-refractivity contribution >= 4 is 33.9 Å². The van der Waals surface area contributed by atoms with E-state index >= 15 is 0 Å². The summed E-state index contributed by atoms with van der Waals surface area (Å²) in [4.78, 5) is 36.0. The number of hydrogen-bond acceptors (Lipinski definition) is 6. The average Bonchev–Trinajstić information content (AvgIpc) is 2.81. The topological polar surface area (TPSA) is 98.5 Å². The van der Waals surface area contributed by atoms with Crippen LogP contribution in [0.2, 0.25) is 0 Å². The number of carbonyl (C=O) groups excluding carboxylic acids is 2. The molecule has 1 aromatic heterocycles. The van der Waals surface area contributed by atoms with Crippen LogP contribution in [0, 0.1) is 30.9 Å². The summed E-state index contributed by atoms with van der Waals surface area (Å²) in [7, 11) is 0. The molecule has 1 heterocycles. The van der Waals surface area contributed by atoms with Gasteiger partial charge in [0.15, 0.2) is 0 Å². The molecule has 132 valence electrons. The number of nitro groups is 1. The molecule has 0 radical (unpaired) electrons. The van der Waals surface area contributed by atoms with Gasteiger partial charge in [0.25, 0.3) is 11.6 Å².